The highest BCUT2D eigenvalue weighted by atomic mass is 16.3. The van der Waals surface area contributed by atoms with Gasteiger partial charge in [0.05, 0.1) is 12.3 Å². The van der Waals surface area contributed by atoms with Crippen LogP contribution in [-0.2, 0) is 0 Å². The fourth-order valence-electron chi connectivity index (χ4n) is 2.22. The monoisotopic (exact) mass is 259 g/mol. The van der Waals surface area contributed by atoms with E-state index in [2.05, 4.69) is 24.4 Å². The maximum Gasteiger partial charge on any atom is 0.120 e. The molecule has 102 valence electrons. The molecule has 19 heavy (non-hydrogen) atoms. The van der Waals surface area contributed by atoms with Crippen molar-refractivity contribution in [3.05, 3.63) is 60.1 Å². The number of hydrogen-bond acceptors (Lipinski definition) is 3. The molecule has 0 amide bonds. The third-order valence-electron chi connectivity index (χ3n) is 3.39. The summed E-state index contributed by atoms with van der Waals surface area (Å²) in [6.45, 7) is 3.11. The van der Waals surface area contributed by atoms with Gasteiger partial charge < -0.3 is 14.8 Å². The van der Waals surface area contributed by atoms with Crippen molar-refractivity contribution in [2.75, 3.05) is 13.2 Å². The summed E-state index contributed by atoms with van der Waals surface area (Å²) >= 11 is 0. The molecule has 2 rings (SSSR count). The van der Waals surface area contributed by atoms with E-state index >= 15 is 0 Å². The van der Waals surface area contributed by atoms with Crippen LogP contribution in [0.15, 0.2) is 53.1 Å². The van der Waals surface area contributed by atoms with Crippen molar-refractivity contribution in [2.24, 2.45) is 0 Å². The van der Waals surface area contributed by atoms with Gasteiger partial charge >= 0.3 is 0 Å². The zero-order chi connectivity index (χ0) is 13.5. The molecule has 2 N–H and O–H groups in total. The molecule has 0 aliphatic heterocycles. The van der Waals surface area contributed by atoms with E-state index in [9.17, 15) is 5.11 Å². The Labute approximate surface area is 114 Å². The normalized spacial score (nSPS) is 14.2. The lowest BCUT2D eigenvalue weighted by atomic mass is 9.95. The van der Waals surface area contributed by atoms with Crippen LogP contribution in [0.3, 0.4) is 0 Å². The molecule has 1 aromatic carbocycles. The van der Waals surface area contributed by atoms with Crippen LogP contribution in [0.4, 0.5) is 0 Å². The van der Waals surface area contributed by atoms with Crippen LogP contribution in [0.5, 0.6) is 0 Å². The fraction of sp³-hybridized carbons (Fsp3) is 0.375. The van der Waals surface area contributed by atoms with Crippen molar-refractivity contribution < 1.29 is 9.52 Å². The number of furan rings is 1. The first-order valence-corrected chi connectivity index (χ1v) is 6.74. The van der Waals surface area contributed by atoms with Crippen molar-refractivity contribution in [3.8, 4) is 0 Å². The Morgan fingerprint density at radius 3 is 2.58 bits per heavy atom. The van der Waals surface area contributed by atoms with E-state index in [4.69, 9.17) is 4.42 Å². The minimum absolute atomic E-state index is 0.180. The van der Waals surface area contributed by atoms with Gasteiger partial charge in [-0.1, -0.05) is 30.3 Å². The summed E-state index contributed by atoms with van der Waals surface area (Å²) < 4.78 is 5.38. The van der Waals surface area contributed by atoms with Gasteiger partial charge in [0.15, 0.2) is 0 Å². The van der Waals surface area contributed by atoms with Crippen LogP contribution in [0, 0.1) is 0 Å². The molecule has 2 aromatic rings. The minimum Gasteiger partial charge on any atom is -0.468 e. The molecule has 0 bridgehead atoms. The summed E-state index contributed by atoms with van der Waals surface area (Å²) in [5.74, 6) is 1.26. The van der Waals surface area contributed by atoms with Gasteiger partial charge in [0.25, 0.3) is 0 Å². The summed E-state index contributed by atoms with van der Waals surface area (Å²) in [6.07, 6.45) is 2.46. The first kappa shape index (κ1) is 13.8. The predicted octanol–water partition coefficient (Wildman–Crippen LogP) is 3.10. The molecule has 1 aromatic heterocycles. The number of hydrogen-bond donors (Lipinski definition) is 2. The first-order chi connectivity index (χ1) is 9.31. The van der Waals surface area contributed by atoms with Gasteiger partial charge in [0, 0.05) is 13.2 Å². The molecule has 0 unspecified atom stereocenters. The average molecular weight is 259 g/mol. The number of aliphatic hydroxyl groups excluding tert-OH is 1. The highest BCUT2D eigenvalue weighted by molar-refractivity contribution is 5.20. The number of nitrogens with one attached hydrogen (secondary N) is 1. The van der Waals surface area contributed by atoms with E-state index in [1.807, 2.05) is 30.3 Å². The first-order valence-electron chi connectivity index (χ1n) is 6.74. The molecule has 0 fully saturated rings. The summed E-state index contributed by atoms with van der Waals surface area (Å²) in [6, 6.07) is 14.4. The molecular formula is C16H21NO2. The van der Waals surface area contributed by atoms with Gasteiger partial charge in [-0.2, -0.15) is 0 Å². The number of benzene rings is 1. The van der Waals surface area contributed by atoms with E-state index < -0.39 is 0 Å². The molecule has 1 heterocycles. The summed E-state index contributed by atoms with van der Waals surface area (Å²) in [4.78, 5) is 0. The van der Waals surface area contributed by atoms with Crippen LogP contribution < -0.4 is 5.32 Å². The number of aliphatic hydroxyl groups is 1. The lowest BCUT2D eigenvalue weighted by Gasteiger charge is -2.19. The van der Waals surface area contributed by atoms with Gasteiger partial charge in [-0.25, -0.2) is 0 Å². The largest absolute Gasteiger partial charge is 0.468 e. The van der Waals surface area contributed by atoms with Crippen LogP contribution in [0.25, 0.3) is 0 Å². The Hall–Kier alpha value is -1.58. The lowest BCUT2D eigenvalue weighted by Crippen LogP contribution is -2.25. The number of rotatable bonds is 7. The van der Waals surface area contributed by atoms with Crippen LogP contribution in [-0.4, -0.2) is 18.3 Å². The van der Waals surface area contributed by atoms with Crippen molar-refractivity contribution >= 4 is 0 Å². The second kappa shape index (κ2) is 7.12. The third-order valence-corrected chi connectivity index (χ3v) is 3.39. The Morgan fingerprint density at radius 1 is 1.16 bits per heavy atom. The van der Waals surface area contributed by atoms with Crippen molar-refractivity contribution in [2.45, 2.75) is 25.3 Å². The van der Waals surface area contributed by atoms with E-state index in [0.29, 0.717) is 5.92 Å². The second-order valence-corrected chi connectivity index (χ2v) is 4.77. The lowest BCUT2D eigenvalue weighted by molar-refractivity contribution is 0.271. The van der Waals surface area contributed by atoms with Gasteiger partial charge in [0.2, 0.25) is 0 Å². The zero-order valence-electron chi connectivity index (χ0n) is 11.3. The highest BCUT2D eigenvalue weighted by Gasteiger charge is 2.14. The van der Waals surface area contributed by atoms with Crippen LogP contribution in [0.1, 0.15) is 36.6 Å². The zero-order valence-corrected chi connectivity index (χ0v) is 11.3. The Bertz CT molecular complexity index is 453. The Kier molecular flexibility index (Phi) is 5.19. The van der Waals surface area contributed by atoms with Crippen molar-refractivity contribution in [1.82, 2.24) is 5.32 Å². The minimum atomic E-state index is 0.180. The molecule has 3 nitrogen and oxygen atoms in total. The van der Waals surface area contributed by atoms with E-state index in [1.165, 1.54) is 5.56 Å². The summed E-state index contributed by atoms with van der Waals surface area (Å²) in [7, 11) is 0. The van der Waals surface area contributed by atoms with E-state index in [1.54, 1.807) is 6.26 Å². The SMILES string of the molecule is C[C@H](NC[C@@H](CCO)c1ccccc1)c1ccco1. The van der Waals surface area contributed by atoms with Gasteiger partial charge in [-0.05, 0) is 37.0 Å². The second-order valence-electron chi connectivity index (χ2n) is 4.77. The predicted molar refractivity (Wildman–Crippen MR) is 76.0 cm³/mol. The van der Waals surface area contributed by atoms with E-state index in [-0.39, 0.29) is 12.6 Å². The van der Waals surface area contributed by atoms with Crippen molar-refractivity contribution in [3.63, 3.8) is 0 Å². The summed E-state index contributed by atoms with van der Waals surface area (Å²) in [5, 5.41) is 12.7. The van der Waals surface area contributed by atoms with Gasteiger partial charge in [0.1, 0.15) is 5.76 Å². The Morgan fingerprint density at radius 2 is 1.95 bits per heavy atom. The maximum atomic E-state index is 9.20. The smallest absolute Gasteiger partial charge is 0.120 e. The molecule has 0 radical (unpaired) electrons. The fourth-order valence-corrected chi connectivity index (χ4v) is 2.22. The van der Waals surface area contributed by atoms with E-state index in [0.717, 1.165) is 18.7 Å². The van der Waals surface area contributed by atoms with Crippen LogP contribution in [0.2, 0.25) is 0 Å². The van der Waals surface area contributed by atoms with Gasteiger partial charge in [-0.3, -0.25) is 0 Å². The van der Waals surface area contributed by atoms with Crippen molar-refractivity contribution in [1.29, 1.82) is 0 Å². The molecule has 0 saturated heterocycles. The Balaban J connectivity index is 1.94. The molecule has 3 heteroatoms. The molecule has 0 aliphatic rings. The molecule has 0 aliphatic carbocycles. The quantitative estimate of drug-likeness (QED) is 0.803. The van der Waals surface area contributed by atoms with Crippen LogP contribution >= 0.6 is 0 Å². The molecular weight excluding hydrogens is 238 g/mol. The van der Waals surface area contributed by atoms with Gasteiger partial charge in [-0.15, -0.1) is 0 Å². The standard InChI is InChI=1S/C16H21NO2/c1-13(16-8-5-11-19-16)17-12-15(9-10-18)14-6-3-2-4-7-14/h2-8,11,13,15,17-18H,9-10,12H2,1H3/t13-,15+/m0/s1. The third kappa shape index (κ3) is 3.94. The average Bonchev–Trinajstić information content (AvgIpc) is 2.98. The maximum absolute atomic E-state index is 9.20. The topological polar surface area (TPSA) is 45.4 Å². The molecule has 0 spiro atoms. The molecule has 0 saturated carbocycles. The summed E-state index contributed by atoms with van der Waals surface area (Å²) in [5.41, 5.74) is 1.26. The molecule has 2 atom stereocenters. The highest BCUT2D eigenvalue weighted by Crippen LogP contribution is 2.20.